The van der Waals surface area contributed by atoms with Crippen LogP contribution in [0.25, 0.3) is 0 Å². The average Bonchev–Trinajstić information content (AvgIpc) is 3.17. The third kappa shape index (κ3) is 3.35. The summed E-state index contributed by atoms with van der Waals surface area (Å²) in [6.07, 6.45) is 2.98. The van der Waals surface area contributed by atoms with Crippen molar-refractivity contribution in [3.05, 3.63) is 89.2 Å². The van der Waals surface area contributed by atoms with Crippen molar-refractivity contribution in [1.82, 2.24) is 9.47 Å². The van der Waals surface area contributed by atoms with Gasteiger partial charge < -0.3 is 14.8 Å². The smallest absolute Gasteiger partial charge is 0.322 e. The molecule has 0 fully saturated rings. The predicted molar refractivity (Wildman–Crippen MR) is 109 cm³/mol. The second-order valence-corrected chi connectivity index (χ2v) is 7.07. The highest BCUT2D eigenvalue weighted by Crippen LogP contribution is 2.33. The molecule has 1 aliphatic rings. The number of aryl methyl sites for hydroxylation is 2. The molecule has 0 saturated heterocycles. The van der Waals surface area contributed by atoms with E-state index in [9.17, 15) is 4.79 Å². The van der Waals surface area contributed by atoms with Gasteiger partial charge >= 0.3 is 6.03 Å². The number of hydrogen-bond acceptors (Lipinski definition) is 1. The number of carbonyl (C=O) groups excluding carboxylic acids is 1. The summed E-state index contributed by atoms with van der Waals surface area (Å²) < 4.78 is 2.24. The minimum atomic E-state index is -0.0804. The van der Waals surface area contributed by atoms with E-state index < -0.39 is 0 Å². The van der Waals surface area contributed by atoms with Gasteiger partial charge in [0.05, 0.1) is 6.04 Å². The van der Waals surface area contributed by atoms with Crippen LogP contribution in [0.5, 0.6) is 0 Å². The lowest BCUT2D eigenvalue weighted by Crippen LogP contribution is -2.44. The molecule has 1 aliphatic heterocycles. The van der Waals surface area contributed by atoms with Crippen molar-refractivity contribution in [2.24, 2.45) is 0 Å². The summed E-state index contributed by atoms with van der Waals surface area (Å²) in [5.41, 5.74) is 5.56. The number of amides is 2. The van der Waals surface area contributed by atoms with Crippen molar-refractivity contribution >= 4 is 11.7 Å². The van der Waals surface area contributed by atoms with Gasteiger partial charge in [-0.1, -0.05) is 55.0 Å². The molecule has 1 unspecified atom stereocenters. The molecule has 4 rings (SSSR count). The van der Waals surface area contributed by atoms with E-state index in [-0.39, 0.29) is 12.1 Å². The maximum atomic E-state index is 13.2. The Balaban J connectivity index is 1.68. The first-order chi connectivity index (χ1) is 13.2. The first-order valence-electron chi connectivity index (χ1n) is 9.54. The minimum Gasteiger partial charge on any atom is -0.348 e. The number of fused-ring (bicyclic) bond motifs is 1. The van der Waals surface area contributed by atoms with Crippen LogP contribution in [0.4, 0.5) is 10.5 Å². The van der Waals surface area contributed by atoms with Crippen molar-refractivity contribution in [2.75, 3.05) is 11.9 Å². The van der Waals surface area contributed by atoms with Gasteiger partial charge in [-0.15, -0.1) is 0 Å². The van der Waals surface area contributed by atoms with Crippen LogP contribution in [-0.2, 0) is 13.0 Å². The number of hydrogen-bond donors (Lipinski definition) is 1. The first-order valence-corrected chi connectivity index (χ1v) is 9.54. The molecule has 2 aromatic carbocycles. The average molecular weight is 359 g/mol. The maximum absolute atomic E-state index is 13.2. The molecule has 1 N–H and O–H groups in total. The lowest BCUT2D eigenvalue weighted by molar-refractivity contribution is 0.182. The summed E-state index contributed by atoms with van der Waals surface area (Å²) in [5, 5.41) is 3.14. The third-order valence-electron chi connectivity index (χ3n) is 5.33. The second kappa shape index (κ2) is 7.31. The fourth-order valence-electron chi connectivity index (χ4n) is 3.84. The Morgan fingerprint density at radius 3 is 2.59 bits per heavy atom. The summed E-state index contributed by atoms with van der Waals surface area (Å²) in [6.45, 7) is 5.68. The van der Waals surface area contributed by atoms with E-state index in [1.54, 1.807) is 0 Å². The van der Waals surface area contributed by atoms with Crippen molar-refractivity contribution in [2.45, 2.75) is 32.9 Å². The molecule has 4 nitrogen and oxygen atoms in total. The van der Waals surface area contributed by atoms with Crippen LogP contribution in [0.15, 0.2) is 66.9 Å². The number of rotatable bonds is 3. The summed E-state index contributed by atoms with van der Waals surface area (Å²) >= 11 is 0. The van der Waals surface area contributed by atoms with Crippen LogP contribution in [0.3, 0.4) is 0 Å². The number of aromatic nitrogens is 1. The van der Waals surface area contributed by atoms with Gasteiger partial charge in [0.1, 0.15) is 0 Å². The van der Waals surface area contributed by atoms with Crippen LogP contribution in [0.1, 0.15) is 35.3 Å². The van der Waals surface area contributed by atoms with Crippen molar-refractivity contribution in [1.29, 1.82) is 0 Å². The molecule has 2 heterocycles. The van der Waals surface area contributed by atoms with Crippen LogP contribution >= 0.6 is 0 Å². The Labute approximate surface area is 160 Å². The van der Waals surface area contributed by atoms with Gasteiger partial charge in [-0.2, -0.15) is 0 Å². The zero-order chi connectivity index (χ0) is 18.8. The number of carbonyl (C=O) groups is 1. The Morgan fingerprint density at radius 2 is 1.81 bits per heavy atom. The van der Waals surface area contributed by atoms with Crippen molar-refractivity contribution < 1.29 is 4.79 Å². The molecule has 0 spiro atoms. The number of urea groups is 1. The molecule has 3 aromatic rings. The fourth-order valence-corrected chi connectivity index (χ4v) is 3.84. The SMILES string of the molecule is CCc1ccccc1NC(=O)N1CCn2cccc2C1c1ccc(C)cc1. The van der Waals surface area contributed by atoms with E-state index in [0.717, 1.165) is 35.5 Å². The Hall–Kier alpha value is -3.01. The number of nitrogens with one attached hydrogen (secondary N) is 1. The highest BCUT2D eigenvalue weighted by atomic mass is 16.2. The minimum absolute atomic E-state index is 0.0473. The molecule has 0 aliphatic carbocycles. The molecule has 0 radical (unpaired) electrons. The molecule has 2 amide bonds. The summed E-state index contributed by atoms with van der Waals surface area (Å²) in [7, 11) is 0. The third-order valence-corrected chi connectivity index (χ3v) is 5.33. The first kappa shape index (κ1) is 17.4. The fraction of sp³-hybridized carbons (Fsp3) is 0.261. The second-order valence-electron chi connectivity index (χ2n) is 7.07. The molecule has 138 valence electrons. The van der Waals surface area contributed by atoms with E-state index in [0.29, 0.717) is 6.54 Å². The Morgan fingerprint density at radius 1 is 1.04 bits per heavy atom. The van der Waals surface area contributed by atoms with Gasteiger partial charge in [0, 0.05) is 30.7 Å². The predicted octanol–water partition coefficient (Wildman–Crippen LogP) is 5.00. The Bertz CT molecular complexity index is 942. The van der Waals surface area contributed by atoms with Crippen LogP contribution in [-0.4, -0.2) is 22.0 Å². The van der Waals surface area contributed by atoms with Gasteiger partial charge in [-0.25, -0.2) is 4.79 Å². The van der Waals surface area contributed by atoms with E-state index in [4.69, 9.17) is 0 Å². The van der Waals surface area contributed by atoms with Gasteiger partial charge in [0.15, 0.2) is 0 Å². The van der Waals surface area contributed by atoms with Gasteiger partial charge in [0.2, 0.25) is 0 Å². The molecule has 1 atom stereocenters. The quantitative estimate of drug-likeness (QED) is 0.702. The molecule has 0 bridgehead atoms. The summed E-state index contributed by atoms with van der Waals surface area (Å²) in [5.74, 6) is 0. The largest absolute Gasteiger partial charge is 0.348 e. The van der Waals surface area contributed by atoms with Gasteiger partial charge in [-0.05, 0) is 42.7 Å². The monoisotopic (exact) mass is 359 g/mol. The molecular weight excluding hydrogens is 334 g/mol. The zero-order valence-corrected chi connectivity index (χ0v) is 15.9. The number of benzene rings is 2. The highest BCUT2D eigenvalue weighted by molar-refractivity contribution is 5.90. The van der Waals surface area contributed by atoms with Crippen molar-refractivity contribution in [3.8, 4) is 0 Å². The van der Waals surface area contributed by atoms with E-state index >= 15 is 0 Å². The summed E-state index contributed by atoms with van der Waals surface area (Å²) in [6, 6.07) is 20.5. The highest BCUT2D eigenvalue weighted by Gasteiger charge is 2.32. The molecule has 1 aromatic heterocycles. The maximum Gasteiger partial charge on any atom is 0.322 e. The van der Waals surface area contributed by atoms with Crippen LogP contribution < -0.4 is 5.32 Å². The Kier molecular flexibility index (Phi) is 4.71. The van der Waals surface area contributed by atoms with Crippen LogP contribution in [0, 0.1) is 6.92 Å². The number of nitrogens with zero attached hydrogens (tertiary/aromatic N) is 2. The summed E-state index contributed by atoms with van der Waals surface area (Å²) in [4.78, 5) is 15.2. The normalized spacial score (nSPS) is 16.1. The molecule has 0 saturated carbocycles. The lowest BCUT2D eigenvalue weighted by Gasteiger charge is -2.37. The zero-order valence-electron chi connectivity index (χ0n) is 15.9. The molecule has 4 heteroatoms. The lowest BCUT2D eigenvalue weighted by atomic mass is 9.99. The topological polar surface area (TPSA) is 37.3 Å². The number of para-hydroxylation sites is 1. The standard InChI is InChI=1S/C23H25N3O/c1-3-18-7-4-5-8-20(18)24-23(27)26-16-15-25-14-6-9-21(25)22(26)19-12-10-17(2)11-13-19/h4-14,22H,3,15-16H2,1-2H3,(H,24,27). The van der Waals surface area contributed by atoms with E-state index in [2.05, 4.69) is 72.4 Å². The molecular formula is C23H25N3O. The van der Waals surface area contributed by atoms with E-state index in [1.165, 1.54) is 5.56 Å². The van der Waals surface area contributed by atoms with Crippen molar-refractivity contribution in [3.63, 3.8) is 0 Å². The van der Waals surface area contributed by atoms with E-state index in [1.807, 2.05) is 23.1 Å². The number of anilines is 1. The van der Waals surface area contributed by atoms with Gasteiger partial charge in [-0.3, -0.25) is 0 Å². The molecule has 27 heavy (non-hydrogen) atoms. The van der Waals surface area contributed by atoms with Gasteiger partial charge in [0.25, 0.3) is 0 Å². The van der Waals surface area contributed by atoms with Crippen LogP contribution in [0.2, 0.25) is 0 Å².